The van der Waals surface area contributed by atoms with Crippen molar-refractivity contribution in [1.82, 2.24) is 4.90 Å². The van der Waals surface area contributed by atoms with E-state index in [4.69, 9.17) is 4.42 Å². The quantitative estimate of drug-likeness (QED) is 0.271. The molecule has 1 amide bonds. The second kappa shape index (κ2) is 9.42. The largest absolute Gasteiger partial charge is 0.416 e. The number of fused-ring (bicyclic) bond motifs is 1. The van der Waals surface area contributed by atoms with E-state index in [1.165, 1.54) is 7.05 Å². The molecule has 0 aliphatic carbocycles. The third kappa shape index (κ3) is 5.37. The van der Waals surface area contributed by atoms with Gasteiger partial charge in [0.1, 0.15) is 0 Å². The van der Waals surface area contributed by atoms with Crippen molar-refractivity contribution in [1.29, 1.82) is 0 Å². The molecule has 37 heavy (non-hydrogen) atoms. The van der Waals surface area contributed by atoms with Crippen LogP contribution in [0.25, 0.3) is 21.9 Å². The normalized spacial score (nSPS) is 12.1. The van der Waals surface area contributed by atoms with E-state index in [1.54, 1.807) is 55.5 Å². The van der Waals surface area contributed by atoms with Gasteiger partial charge >= 0.3 is 18.0 Å². The van der Waals surface area contributed by atoms with E-state index in [0.717, 1.165) is 10.5 Å². The molecule has 4 rings (SSSR count). The summed E-state index contributed by atoms with van der Waals surface area (Å²) in [5, 5.41) is 0.647. The molecule has 0 bridgehead atoms. The first-order valence-electron chi connectivity index (χ1n) is 10.9. The fraction of sp³-hybridized carbons (Fsp3) is 0.185. The Morgan fingerprint density at radius 2 is 1.43 bits per heavy atom. The van der Waals surface area contributed by atoms with Gasteiger partial charge in [-0.3, -0.25) is 4.79 Å². The molecule has 0 saturated carbocycles. The lowest BCUT2D eigenvalue weighted by Gasteiger charge is -2.21. The minimum absolute atomic E-state index is 0.0174. The Bertz CT molecular complexity index is 1510. The van der Waals surface area contributed by atoms with Gasteiger partial charge in [-0.05, 0) is 42.3 Å². The minimum atomic E-state index is -5.03. The lowest BCUT2D eigenvalue weighted by atomic mass is 9.96. The number of rotatable bonds is 4. The summed E-state index contributed by atoms with van der Waals surface area (Å²) in [6, 6.07) is 14.6. The van der Waals surface area contributed by atoms with Gasteiger partial charge in [0.25, 0.3) is 5.91 Å². The molecule has 3 aromatic carbocycles. The lowest BCUT2D eigenvalue weighted by Crippen LogP contribution is -2.28. The Balaban J connectivity index is 1.83. The van der Waals surface area contributed by atoms with E-state index in [-0.39, 0.29) is 22.8 Å². The summed E-state index contributed by atoms with van der Waals surface area (Å²) in [5.74, 6) is -1.26. The van der Waals surface area contributed by atoms with Gasteiger partial charge in [0, 0.05) is 24.5 Å². The Morgan fingerprint density at radius 3 is 2.00 bits per heavy atom. The van der Waals surface area contributed by atoms with Crippen LogP contribution in [0.1, 0.15) is 32.8 Å². The summed E-state index contributed by atoms with van der Waals surface area (Å²) < 4.78 is 85.0. The van der Waals surface area contributed by atoms with Gasteiger partial charge in [0.2, 0.25) is 5.76 Å². The molecule has 192 valence electrons. The van der Waals surface area contributed by atoms with Gasteiger partial charge in [0.05, 0.1) is 16.5 Å². The summed E-state index contributed by atoms with van der Waals surface area (Å²) in [7, 11) is 1.20. The van der Waals surface area contributed by atoms with E-state index in [1.807, 2.05) is 0 Å². The Labute approximate surface area is 206 Å². The SMILES string of the molecule is Cc1ccc2c(=O)oc(C(=O)N(C)Cc3cc(C(F)(F)F)cc(C(F)(F)F)c3)c(-c3ccccc3)c2c1. The number of amides is 1. The van der Waals surface area contributed by atoms with Crippen molar-refractivity contribution in [2.75, 3.05) is 7.05 Å². The number of hydrogen-bond acceptors (Lipinski definition) is 3. The van der Waals surface area contributed by atoms with E-state index >= 15 is 0 Å². The maximum Gasteiger partial charge on any atom is 0.416 e. The van der Waals surface area contributed by atoms with Crippen molar-refractivity contribution in [3.63, 3.8) is 0 Å². The van der Waals surface area contributed by atoms with Gasteiger partial charge in [-0.15, -0.1) is 0 Å². The second-order valence-corrected chi connectivity index (χ2v) is 8.58. The Morgan fingerprint density at radius 1 is 0.838 bits per heavy atom. The number of halogens is 6. The molecule has 1 aromatic heterocycles. The highest BCUT2D eigenvalue weighted by Crippen LogP contribution is 2.37. The van der Waals surface area contributed by atoms with Crippen LogP contribution in [0.3, 0.4) is 0 Å². The van der Waals surface area contributed by atoms with Crippen molar-refractivity contribution in [2.45, 2.75) is 25.8 Å². The Kier molecular flexibility index (Phi) is 6.62. The number of benzene rings is 3. The number of alkyl halides is 6. The summed E-state index contributed by atoms with van der Waals surface area (Å²) in [6.07, 6.45) is -10.1. The lowest BCUT2D eigenvalue weighted by molar-refractivity contribution is -0.143. The van der Waals surface area contributed by atoms with Crippen LogP contribution in [-0.2, 0) is 18.9 Å². The predicted octanol–water partition coefficient (Wildman–Crippen LogP) is 7.08. The van der Waals surface area contributed by atoms with Crippen LogP contribution in [-0.4, -0.2) is 17.9 Å². The molecule has 0 aliphatic rings. The molecule has 0 N–H and O–H groups in total. The Hall–Kier alpha value is -4.08. The monoisotopic (exact) mass is 519 g/mol. The van der Waals surface area contributed by atoms with Crippen molar-refractivity contribution >= 4 is 16.7 Å². The van der Waals surface area contributed by atoms with Crippen LogP contribution >= 0.6 is 0 Å². The molecule has 1 heterocycles. The van der Waals surface area contributed by atoms with Crippen molar-refractivity contribution in [3.8, 4) is 11.1 Å². The number of carbonyl (C=O) groups excluding carboxylic acids is 1. The summed E-state index contributed by atoms with van der Waals surface area (Å²) >= 11 is 0. The molecule has 10 heteroatoms. The van der Waals surface area contributed by atoms with Crippen LogP contribution in [0.2, 0.25) is 0 Å². The summed E-state index contributed by atoms with van der Waals surface area (Å²) in [5.41, 5.74) is -2.55. The van der Waals surface area contributed by atoms with Gasteiger partial charge in [-0.25, -0.2) is 4.79 Å². The fourth-order valence-electron chi connectivity index (χ4n) is 4.04. The highest BCUT2D eigenvalue weighted by atomic mass is 19.4. The maximum atomic E-state index is 13.4. The van der Waals surface area contributed by atoms with Crippen molar-refractivity contribution in [3.05, 3.63) is 105 Å². The van der Waals surface area contributed by atoms with Crippen LogP contribution in [0, 0.1) is 6.92 Å². The maximum absolute atomic E-state index is 13.4. The highest BCUT2D eigenvalue weighted by molar-refractivity contribution is 6.07. The molecule has 0 radical (unpaired) electrons. The molecule has 0 saturated heterocycles. The molecule has 0 unspecified atom stereocenters. The summed E-state index contributed by atoms with van der Waals surface area (Å²) in [4.78, 5) is 27.0. The first-order chi connectivity index (χ1) is 17.3. The first kappa shape index (κ1) is 26.0. The van der Waals surface area contributed by atoms with Crippen LogP contribution in [0.4, 0.5) is 26.3 Å². The standard InChI is InChI=1S/C27H19F6NO3/c1-15-8-9-20-21(10-15)22(17-6-4-3-5-7-17)23(37-25(20)36)24(35)34(2)14-16-11-18(26(28,29)30)13-19(12-16)27(31,32)33/h3-13H,14H2,1-2H3. The minimum Gasteiger partial charge on any atom is -0.416 e. The molecule has 0 spiro atoms. The molecule has 4 aromatic rings. The van der Waals surface area contributed by atoms with Gasteiger partial charge in [-0.2, -0.15) is 26.3 Å². The third-order valence-corrected chi connectivity index (χ3v) is 5.76. The molecule has 0 fully saturated rings. The molecule has 4 nitrogen and oxygen atoms in total. The van der Waals surface area contributed by atoms with E-state index < -0.39 is 47.1 Å². The average Bonchev–Trinajstić information content (AvgIpc) is 2.82. The number of carbonyl (C=O) groups is 1. The van der Waals surface area contributed by atoms with E-state index in [0.29, 0.717) is 23.1 Å². The first-order valence-corrected chi connectivity index (χ1v) is 10.9. The number of hydrogen-bond donors (Lipinski definition) is 0. The smallest absolute Gasteiger partial charge is 0.416 e. The van der Waals surface area contributed by atoms with Gasteiger partial charge in [-0.1, -0.05) is 48.0 Å². The molecular formula is C27H19F6NO3. The number of nitrogens with zero attached hydrogens (tertiary/aromatic N) is 1. The fourth-order valence-corrected chi connectivity index (χ4v) is 4.04. The zero-order valence-electron chi connectivity index (χ0n) is 19.5. The summed E-state index contributed by atoms with van der Waals surface area (Å²) in [6.45, 7) is 1.19. The van der Waals surface area contributed by atoms with Crippen molar-refractivity contribution in [2.24, 2.45) is 0 Å². The zero-order chi connectivity index (χ0) is 27.1. The topological polar surface area (TPSA) is 50.5 Å². The van der Waals surface area contributed by atoms with Crippen molar-refractivity contribution < 1.29 is 35.6 Å². The molecule has 0 atom stereocenters. The molecule has 0 aliphatic heterocycles. The second-order valence-electron chi connectivity index (χ2n) is 8.58. The van der Waals surface area contributed by atoms with E-state index in [9.17, 15) is 35.9 Å². The average molecular weight is 519 g/mol. The van der Waals surface area contributed by atoms with Crippen LogP contribution in [0.15, 0.2) is 75.9 Å². The van der Waals surface area contributed by atoms with Gasteiger partial charge in [0.15, 0.2) is 0 Å². The van der Waals surface area contributed by atoms with E-state index in [2.05, 4.69) is 0 Å². The zero-order valence-corrected chi connectivity index (χ0v) is 19.5. The van der Waals surface area contributed by atoms with Gasteiger partial charge < -0.3 is 9.32 Å². The predicted molar refractivity (Wildman–Crippen MR) is 125 cm³/mol. The van der Waals surface area contributed by atoms with Crippen LogP contribution < -0.4 is 5.63 Å². The number of aryl methyl sites for hydroxylation is 1. The van der Waals surface area contributed by atoms with Crippen LogP contribution in [0.5, 0.6) is 0 Å². The molecular weight excluding hydrogens is 500 g/mol. The highest BCUT2D eigenvalue weighted by Gasteiger charge is 2.37. The third-order valence-electron chi connectivity index (χ3n) is 5.76.